The van der Waals surface area contributed by atoms with E-state index in [1.54, 1.807) is 24.3 Å². The van der Waals surface area contributed by atoms with Crippen molar-refractivity contribution in [1.29, 1.82) is 0 Å². The molecule has 128 valence electrons. The molecule has 2 aromatic carbocycles. The van der Waals surface area contributed by atoms with Crippen molar-refractivity contribution in [2.75, 3.05) is 0 Å². The van der Waals surface area contributed by atoms with Gasteiger partial charge in [-0.25, -0.2) is 8.42 Å². The Balaban J connectivity index is 2.17. The lowest BCUT2D eigenvalue weighted by atomic mass is 9.88. The van der Waals surface area contributed by atoms with Gasteiger partial charge in [0.05, 0.1) is 9.80 Å². The molecule has 1 aliphatic rings. The van der Waals surface area contributed by atoms with E-state index < -0.39 is 9.84 Å². The van der Waals surface area contributed by atoms with Crippen LogP contribution in [0.15, 0.2) is 93.8 Å². The minimum atomic E-state index is -3.50. The zero-order chi connectivity index (χ0) is 17.9. The van der Waals surface area contributed by atoms with Crippen molar-refractivity contribution in [3.8, 4) is 0 Å². The van der Waals surface area contributed by atoms with Gasteiger partial charge in [-0.1, -0.05) is 61.2 Å². The van der Waals surface area contributed by atoms with Crippen LogP contribution in [-0.2, 0) is 9.84 Å². The molecular weight excluding hydrogens is 328 g/mol. The van der Waals surface area contributed by atoms with Crippen molar-refractivity contribution in [3.63, 3.8) is 0 Å². The van der Waals surface area contributed by atoms with Gasteiger partial charge in [0.15, 0.2) is 0 Å². The van der Waals surface area contributed by atoms with Gasteiger partial charge in [-0.15, -0.1) is 0 Å². The van der Waals surface area contributed by atoms with Crippen LogP contribution in [0.3, 0.4) is 0 Å². The Labute approximate surface area is 150 Å². The molecule has 1 aliphatic carbocycles. The summed E-state index contributed by atoms with van der Waals surface area (Å²) in [6.07, 6.45) is 4.34. The summed E-state index contributed by atoms with van der Waals surface area (Å²) >= 11 is 0. The first kappa shape index (κ1) is 17.4. The largest absolute Gasteiger partial charge is 0.219 e. The fraction of sp³-hybridized carbons (Fsp3) is 0.182. The molecule has 0 heterocycles. The second-order valence-electron chi connectivity index (χ2n) is 6.33. The summed E-state index contributed by atoms with van der Waals surface area (Å²) in [7, 11) is -3.50. The van der Waals surface area contributed by atoms with Gasteiger partial charge in [0, 0.05) is 0 Å². The molecule has 0 aromatic heterocycles. The van der Waals surface area contributed by atoms with E-state index in [0.29, 0.717) is 16.2 Å². The molecule has 0 saturated heterocycles. The van der Waals surface area contributed by atoms with Crippen LogP contribution in [0, 0.1) is 0 Å². The summed E-state index contributed by atoms with van der Waals surface area (Å²) in [5.41, 5.74) is 3.74. The fourth-order valence-electron chi connectivity index (χ4n) is 3.29. The van der Waals surface area contributed by atoms with E-state index >= 15 is 0 Å². The summed E-state index contributed by atoms with van der Waals surface area (Å²) in [5, 5.41) is 0. The molecule has 0 aliphatic heterocycles. The van der Waals surface area contributed by atoms with Crippen LogP contribution in [0.25, 0.3) is 6.08 Å². The van der Waals surface area contributed by atoms with E-state index in [1.807, 2.05) is 43.3 Å². The molecule has 0 fully saturated rings. The number of rotatable bonds is 4. The predicted molar refractivity (Wildman–Crippen MR) is 104 cm³/mol. The molecule has 2 aromatic rings. The first-order valence-electron chi connectivity index (χ1n) is 8.45. The highest BCUT2D eigenvalue weighted by atomic mass is 32.2. The Hall–Kier alpha value is -2.39. The number of hydrogen-bond acceptors (Lipinski definition) is 2. The smallest absolute Gasteiger partial charge is 0.203 e. The van der Waals surface area contributed by atoms with Crippen LogP contribution in [0.1, 0.15) is 31.7 Å². The van der Waals surface area contributed by atoms with E-state index in [2.05, 4.69) is 12.7 Å². The predicted octanol–water partition coefficient (Wildman–Crippen LogP) is 5.56. The monoisotopic (exact) mass is 350 g/mol. The SMILES string of the molecule is C=C(C)C1=C(S(=O)(=O)c2ccccc2)CCC/C1=C\c1ccccc1. The maximum atomic E-state index is 13.2. The Kier molecular flexibility index (Phi) is 5.05. The Morgan fingerprint density at radius 3 is 2.16 bits per heavy atom. The summed E-state index contributed by atoms with van der Waals surface area (Å²) in [6, 6.07) is 18.7. The summed E-state index contributed by atoms with van der Waals surface area (Å²) in [5.74, 6) is 0. The van der Waals surface area contributed by atoms with Crippen LogP contribution in [-0.4, -0.2) is 8.42 Å². The molecule has 2 nitrogen and oxygen atoms in total. The van der Waals surface area contributed by atoms with E-state index in [1.165, 1.54) is 0 Å². The highest BCUT2D eigenvalue weighted by Gasteiger charge is 2.28. The Morgan fingerprint density at radius 2 is 1.56 bits per heavy atom. The maximum Gasteiger partial charge on any atom is 0.203 e. The van der Waals surface area contributed by atoms with Gasteiger partial charge in [-0.2, -0.15) is 0 Å². The number of benzene rings is 2. The maximum absolute atomic E-state index is 13.2. The second kappa shape index (κ2) is 7.24. The normalized spacial score (nSPS) is 16.9. The second-order valence-corrected chi connectivity index (χ2v) is 8.30. The first-order chi connectivity index (χ1) is 12.0. The van der Waals surface area contributed by atoms with Gasteiger partial charge in [-0.05, 0) is 60.6 Å². The van der Waals surface area contributed by atoms with Crippen molar-refractivity contribution in [2.24, 2.45) is 0 Å². The van der Waals surface area contributed by atoms with Crippen LogP contribution in [0.5, 0.6) is 0 Å². The molecule has 0 unspecified atom stereocenters. The van der Waals surface area contributed by atoms with Gasteiger partial charge in [0.2, 0.25) is 9.84 Å². The third-order valence-electron chi connectivity index (χ3n) is 4.40. The van der Waals surface area contributed by atoms with E-state index in [4.69, 9.17) is 0 Å². The highest BCUT2D eigenvalue weighted by molar-refractivity contribution is 7.95. The van der Waals surface area contributed by atoms with Gasteiger partial charge in [0.1, 0.15) is 0 Å². The van der Waals surface area contributed by atoms with E-state index in [-0.39, 0.29) is 0 Å². The standard InChI is InChI=1S/C22H22O2S/c1-17(2)22-19(16-18-10-5-3-6-11-18)12-9-15-21(22)25(23,24)20-13-7-4-8-14-20/h3-8,10-11,13-14,16H,1,9,12,15H2,2H3/b19-16+. The zero-order valence-corrected chi connectivity index (χ0v) is 15.2. The highest BCUT2D eigenvalue weighted by Crippen LogP contribution is 2.39. The Morgan fingerprint density at radius 1 is 0.960 bits per heavy atom. The van der Waals surface area contributed by atoms with Crippen LogP contribution in [0.4, 0.5) is 0 Å². The molecule has 3 heteroatoms. The zero-order valence-electron chi connectivity index (χ0n) is 14.4. The average molecular weight is 350 g/mol. The van der Waals surface area contributed by atoms with Gasteiger partial charge in [0.25, 0.3) is 0 Å². The molecule has 0 N–H and O–H groups in total. The third-order valence-corrected chi connectivity index (χ3v) is 6.34. The van der Waals surface area contributed by atoms with Crippen molar-refractivity contribution < 1.29 is 8.42 Å². The number of allylic oxidation sites excluding steroid dienone is 4. The van der Waals surface area contributed by atoms with Crippen LogP contribution in [0.2, 0.25) is 0 Å². The molecule has 25 heavy (non-hydrogen) atoms. The molecule has 0 radical (unpaired) electrons. The number of hydrogen-bond donors (Lipinski definition) is 0. The lowest BCUT2D eigenvalue weighted by molar-refractivity contribution is 0.597. The third kappa shape index (κ3) is 3.67. The van der Waals surface area contributed by atoms with Crippen molar-refractivity contribution in [2.45, 2.75) is 31.1 Å². The molecule has 0 atom stereocenters. The molecule has 0 saturated carbocycles. The van der Waals surface area contributed by atoms with E-state index in [0.717, 1.165) is 35.1 Å². The van der Waals surface area contributed by atoms with Crippen LogP contribution >= 0.6 is 0 Å². The quantitative estimate of drug-likeness (QED) is 0.723. The lowest BCUT2D eigenvalue weighted by Gasteiger charge is -2.24. The molecule has 3 rings (SSSR count). The molecule has 0 bridgehead atoms. The number of sulfone groups is 1. The average Bonchev–Trinajstić information content (AvgIpc) is 2.63. The molecular formula is C22H22O2S. The fourth-order valence-corrected chi connectivity index (χ4v) is 5.07. The first-order valence-corrected chi connectivity index (χ1v) is 9.93. The van der Waals surface area contributed by atoms with Crippen molar-refractivity contribution in [3.05, 3.63) is 94.4 Å². The topological polar surface area (TPSA) is 34.1 Å². The molecule has 0 amide bonds. The summed E-state index contributed by atoms with van der Waals surface area (Å²) in [4.78, 5) is 0.851. The van der Waals surface area contributed by atoms with Gasteiger partial charge < -0.3 is 0 Å². The van der Waals surface area contributed by atoms with Crippen LogP contribution < -0.4 is 0 Å². The van der Waals surface area contributed by atoms with Crippen molar-refractivity contribution in [1.82, 2.24) is 0 Å². The Bertz CT molecular complexity index is 934. The summed E-state index contributed by atoms with van der Waals surface area (Å²) < 4.78 is 26.3. The molecule has 0 spiro atoms. The minimum Gasteiger partial charge on any atom is -0.219 e. The lowest BCUT2D eigenvalue weighted by Crippen LogP contribution is -2.13. The minimum absolute atomic E-state index is 0.352. The summed E-state index contributed by atoms with van der Waals surface area (Å²) in [6.45, 7) is 5.95. The van der Waals surface area contributed by atoms with Gasteiger partial charge in [-0.3, -0.25) is 0 Å². The van der Waals surface area contributed by atoms with Crippen molar-refractivity contribution >= 4 is 15.9 Å². The van der Waals surface area contributed by atoms with E-state index in [9.17, 15) is 8.42 Å². The van der Waals surface area contributed by atoms with Gasteiger partial charge >= 0.3 is 0 Å².